The first-order valence-electron chi connectivity index (χ1n) is 19.6. The Morgan fingerprint density at radius 3 is 2.19 bits per heavy atom. The molecule has 8 heteroatoms. The fraction of sp³-hybridized carbons (Fsp3) is 0.120. The zero-order valence-corrected chi connectivity index (χ0v) is 34.7. The third-order valence-electron chi connectivity index (χ3n) is 13.1. The molecule has 0 N–H and O–H groups in total. The predicted molar refractivity (Wildman–Crippen MR) is 232 cm³/mol. The Morgan fingerprint density at radius 2 is 1.36 bits per heavy atom. The van der Waals surface area contributed by atoms with E-state index in [0.717, 1.165) is 50.6 Å². The summed E-state index contributed by atoms with van der Waals surface area (Å²) in [5.41, 5.74) is 13.2. The molecule has 3 aliphatic rings. The summed E-state index contributed by atoms with van der Waals surface area (Å²) in [6, 6.07) is 56.5. The average Bonchev–Trinajstić information content (AvgIpc) is 3.82. The molecule has 6 aromatic carbocycles. The van der Waals surface area contributed by atoms with Crippen molar-refractivity contribution in [2.45, 2.75) is 38.5 Å². The van der Waals surface area contributed by atoms with Crippen LogP contribution < -0.4 is 19.8 Å². The van der Waals surface area contributed by atoms with Crippen molar-refractivity contribution in [2.24, 2.45) is 0 Å². The molecule has 9 aromatic rings. The van der Waals surface area contributed by atoms with Crippen LogP contribution in [0.3, 0.4) is 0 Å². The summed E-state index contributed by atoms with van der Waals surface area (Å²) >= 11 is 0. The summed E-state index contributed by atoms with van der Waals surface area (Å²) < 4.78 is 9.18. The molecule has 0 aliphatic carbocycles. The molecular weight excluding hydrogens is 892 g/mol. The molecular formula is C50H36BN5OPt. The van der Waals surface area contributed by atoms with Gasteiger partial charge in [0.2, 0.25) is 0 Å². The Kier molecular flexibility index (Phi) is 7.50. The minimum absolute atomic E-state index is 0. The fourth-order valence-electron chi connectivity index (χ4n) is 9.79. The number of pyridine rings is 2. The molecule has 12 rings (SSSR count). The second-order valence-electron chi connectivity index (χ2n) is 16.5. The van der Waals surface area contributed by atoms with E-state index in [0.29, 0.717) is 11.5 Å². The number of hydrogen-bond acceptors (Lipinski definition) is 5. The topological polar surface area (TPSA) is 45.9 Å². The van der Waals surface area contributed by atoms with E-state index in [1.165, 1.54) is 38.8 Å². The molecule has 0 saturated heterocycles. The van der Waals surface area contributed by atoms with Crippen LogP contribution >= 0.6 is 0 Å². The van der Waals surface area contributed by atoms with Crippen LogP contribution in [-0.2, 0) is 31.9 Å². The molecule has 6 heterocycles. The van der Waals surface area contributed by atoms with Crippen molar-refractivity contribution in [3.8, 4) is 33.9 Å². The van der Waals surface area contributed by atoms with Crippen LogP contribution in [0.4, 0.5) is 22.9 Å². The monoisotopic (exact) mass is 928 g/mol. The van der Waals surface area contributed by atoms with Gasteiger partial charge in [0.15, 0.2) is 0 Å². The molecule has 3 aromatic heterocycles. The molecule has 0 amide bonds. The molecule has 0 bridgehead atoms. The number of para-hydroxylation sites is 2. The minimum atomic E-state index is -0.228. The van der Waals surface area contributed by atoms with Crippen molar-refractivity contribution < 1.29 is 25.8 Å². The summed E-state index contributed by atoms with van der Waals surface area (Å²) in [6.45, 7) is 9.32. The number of aromatic nitrogens is 3. The quantitative estimate of drug-likeness (QED) is 0.1000. The van der Waals surface area contributed by atoms with Gasteiger partial charge in [-0.1, -0.05) is 153 Å². The van der Waals surface area contributed by atoms with Crippen LogP contribution in [0.1, 0.15) is 39.0 Å². The van der Waals surface area contributed by atoms with Gasteiger partial charge in [-0.25, -0.2) is 4.98 Å². The predicted octanol–water partition coefficient (Wildman–Crippen LogP) is 11.3. The SMILES string of the molecule is CC1(C)c2cccc3c4ccc(Oc5[c-]c6c(cc5)N5B(c7ccccc7-c7ccccc75)N6c5ccccn5)[c-]c4c4nc(-c5ccccc5)c(n4c23)C1(C)C.[Pt+2]. The van der Waals surface area contributed by atoms with E-state index in [1.807, 2.05) is 30.5 Å². The van der Waals surface area contributed by atoms with Crippen molar-refractivity contribution in [2.75, 3.05) is 9.62 Å². The second kappa shape index (κ2) is 12.4. The van der Waals surface area contributed by atoms with Crippen LogP contribution in [0.25, 0.3) is 49.7 Å². The number of hydrogen-bond donors (Lipinski definition) is 0. The van der Waals surface area contributed by atoms with Gasteiger partial charge >= 0.3 is 28.0 Å². The van der Waals surface area contributed by atoms with Gasteiger partial charge < -0.3 is 18.8 Å². The van der Waals surface area contributed by atoms with Crippen LogP contribution in [-0.4, -0.2) is 21.4 Å². The van der Waals surface area contributed by atoms with Crippen molar-refractivity contribution in [3.63, 3.8) is 0 Å². The normalized spacial score (nSPS) is 15.3. The number of nitrogens with zero attached hydrogens (tertiary/aromatic N) is 5. The standard InChI is InChI=1S/C50H36BN5O.Pt/c1-49(2)39-20-14-19-37-34-26-24-32(29-38(34)48-53-45(31-15-6-5-7-16-31)47(50(49,3)4)54(48)46(37)39)57-33-25-27-42-43(30-33)56(44-23-12-13-28-52-44)51-40-21-10-8-17-35(40)36-18-9-11-22-41(36)55(42)51;/h5-28H,1-4H3;/q-2;+2. The second-order valence-corrected chi connectivity index (χ2v) is 16.5. The van der Waals surface area contributed by atoms with E-state index in [-0.39, 0.29) is 38.9 Å². The van der Waals surface area contributed by atoms with Gasteiger partial charge in [-0.2, -0.15) is 0 Å². The number of ether oxygens (including phenoxy) is 1. The van der Waals surface area contributed by atoms with Crippen molar-refractivity contribution >= 4 is 62.6 Å². The van der Waals surface area contributed by atoms with Crippen LogP contribution in [0.5, 0.6) is 11.5 Å². The van der Waals surface area contributed by atoms with Gasteiger partial charge in [0, 0.05) is 56.6 Å². The largest absolute Gasteiger partial charge is 2.00 e. The van der Waals surface area contributed by atoms with Crippen molar-refractivity contribution in [3.05, 3.63) is 169 Å². The summed E-state index contributed by atoms with van der Waals surface area (Å²) in [7, 11) is 0. The Balaban J connectivity index is 0.00000385. The molecule has 0 atom stereocenters. The number of fused-ring (bicyclic) bond motifs is 11. The number of rotatable bonds is 4. The van der Waals surface area contributed by atoms with E-state index in [1.54, 1.807) is 0 Å². The molecule has 280 valence electrons. The maximum Gasteiger partial charge on any atom is 2.00 e. The Bertz CT molecular complexity index is 3140. The Morgan fingerprint density at radius 1 is 0.621 bits per heavy atom. The van der Waals surface area contributed by atoms with E-state index in [9.17, 15) is 0 Å². The first-order chi connectivity index (χ1) is 27.8. The van der Waals surface area contributed by atoms with Crippen LogP contribution in [0, 0.1) is 12.1 Å². The van der Waals surface area contributed by atoms with Gasteiger partial charge in [-0.15, -0.1) is 30.3 Å². The Labute approximate surface area is 352 Å². The van der Waals surface area contributed by atoms with Gasteiger partial charge in [-0.3, -0.25) is 4.98 Å². The molecule has 58 heavy (non-hydrogen) atoms. The van der Waals surface area contributed by atoms with Gasteiger partial charge in [-0.05, 0) is 40.2 Å². The van der Waals surface area contributed by atoms with Crippen LogP contribution in [0.2, 0.25) is 0 Å². The summed E-state index contributed by atoms with van der Waals surface area (Å²) in [4.78, 5) is 15.1. The minimum Gasteiger partial charge on any atom is -0.503 e. The van der Waals surface area contributed by atoms with Gasteiger partial charge in [0.1, 0.15) is 5.82 Å². The van der Waals surface area contributed by atoms with Crippen molar-refractivity contribution in [1.29, 1.82) is 0 Å². The molecule has 0 unspecified atom stereocenters. The molecule has 6 nitrogen and oxygen atoms in total. The first-order valence-corrected chi connectivity index (χ1v) is 19.6. The maximum absolute atomic E-state index is 6.77. The number of imidazole rings is 1. The maximum atomic E-state index is 6.77. The first kappa shape index (κ1) is 35.0. The zero-order chi connectivity index (χ0) is 38.2. The average molecular weight is 929 g/mol. The fourth-order valence-corrected chi connectivity index (χ4v) is 9.79. The molecule has 0 saturated carbocycles. The van der Waals surface area contributed by atoms with E-state index >= 15 is 0 Å². The van der Waals surface area contributed by atoms with Crippen LogP contribution in [0.15, 0.2) is 146 Å². The molecule has 0 fully saturated rings. The van der Waals surface area contributed by atoms with Gasteiger partial charge in [0.25, 0.3) is 0 Å². The van der Waals surface area contributed by atoms with E-state index in [2.05, 4.69) is 169 Å². The van der Waals surface area contributed by atoms with E-state index in [4.69, 9.17) is 14.7 Å². The number of benzene rings is 6. The third-order valence-corrected chi connectivity index (χ3v) is 13.1. The summed E-state index contributed by atoms with van der Waals surface area (Å²) in [5, 5.41) is 3.22. The van der Waals surface area contributed by atoms with Crippen molar-refractivity contribution in [1.82, 2.24) is 14.4 Å². The molecule has 0 radical (unpaired) electrons. The number of anilines is 4. The summed E-state index contributed by atoms with van der Waals surface area (Å²) in [5.74, 6) is 2.05. The van der Waals surface area contributed by atoms with E-state index < -0.39 is 0 Å². The zero-order valence-electron chi connectivity index (χ0n) is 32.4. The summed E-state index contributed by atoms with van der Waals surface area (Å²) in [6.07, 6.45) is 1.85. The molecule has 0 spiro atoms. The van der Waals surface area contributed by atoms with Gasteiger partial charge in [0.05, 0.1) is 11.3 Å². The Hall–Kier alpha value is -6.17. The smallest absolute Gasteiger partial charge is 0.503 e. The third kappa shape index (κ3) is 4.59. The molecule has 3 aliphatic heterocycles.